The molecule has 0 aliphatic carbocycles. The van der Waals surface area contributed by atoms with E-state index in [0.717, 1.165) is 37.0 Å². The second-order valence-electron chi connectivity index (χ2n) is 6.45. The molecule has 0 bridgehead atoms. The molecule has 134 valence electrons. The number of rotatable bonds is 5. The van der Waals surface area contributed by atoms with Gasteiger partial charge in [0, 0.05) is 25.4 Å². The Morgan fingerprint density at radius 3 is 2.85 bits per heavy atom. The Balaban J connectivity index is 1.32. The quantitative estimate of drug-likeness (QED) is 0.758. The van der Waals surface area contributed by atoms with E-state index >= 15 is 0 Å². The van der Waals surface area contributed by atoms with Crippen LogP contribution in [0.2, 0.25) is 0 Å². The normalized spacial score (nSPS) is 15.3. The fourth-order valence-electron chi connectivity index (χ4n) is 3.14. The summed E-state index contributed by atoms with van der Waals surface area (Å²) < 4.78 is 11.7. The minimum absolute atomic E-state index is 0.216. The molecule has 3 heterocycles. The van der Waals surface area contributed by atoms with E-state index in [1.54, 1.807) is 12.1 Å². The molecule has 1 aliphatic heterocycles. The van der Waals surface area contributed by atoms with Crippen molar-refractivity contribution in [1.29, 1.82) is 0 Å². The Labute approximate surface area is 150 Å². The van der Waals surface area contributed by atoms with Crippen LogP contribution in [0.3, 0.4) is 0 Å². The number of hydrogen-bond acceptors (Lipinski definition) is 6. The third-order valence-electron chi connectivity index (χ3n) is 4.64. The number of ether oxygens (including phenoxy) is 1. The molecule has 3 aromatic rings. The number of aromatic nitrogens is 2. The van der Waals surface area contributed by atoms with Crippen LogP contribution < -0.4 is 15.4 Å². The summed E-state index contributed by atoms with van der Waals surface area (Å²) in [5.74, 6) is 0.512. The Morgan fingerprint density at radius 2 is 2.08 bits per heavy atom. The summed E-state index contributed by atoms with van der Waals surface area (Å²) in [4.78, 5) is 21.8. The predicted molar refractivity (Wildman–Crippen MR) is 97.2 cm³/mol. The van der Waals surface area contributed by atoms with Crippen LogP contribution >= 0.6 is 0 Å². The van der Waals surface area contributed by atoms with Gasteiger partial charge < -0.3 is 19.8 Å². The molecule has 1 amide bonds. The first-order chi connectivity index (χ1) is 12.7. The van der Waals surface area contributed by atoms with Crippen LogP contribution in [0.5, 0.6) is 5.75 Å². The zero-order valence-corrected chi connectivity index (χ0v) is 14.3. The second kappa shape index (κ2) is 7.03. The first-order valence-electron chi connectivity index (χ1n) is 8.68. The fraction of sp³-hybridized carbons (Fsp3) is 0.316. The number of piperidine rings is 1. The summed E-state index contributed by atoms with van der Waals surface area (Å²) in [6.07, 6.45) is 3.52. The van der Waals surface area contributed by atoms with Gasteiger partial charge in [0.1, 0.15) is 17.0 Å². The molecule has 4 rings (SSSR count). The monoisotopic (exact) mass is 352 g/mol. The molecule has 1 saturated heterocycles. The Hall–Kier alpha value is -3.09. The summed E-state index contributed by atoms with van der Waals surface area (Å²) >= 11 is 0. The lowest BCUT2D eigenvalue weighted by Crippen LogP contribution is -2.35. The number of benzene rings is 1. The van der Waals surface area contributed by atoms with Crippen molar-refractivity contribution in [3.8, 4) is 5.75 Å². The number of fused-ring (bicyclic) bond motifs is 1. The summed E-state index contributed by atoms with van der Waals surface area (Å²) in [5, 5.41) is 0. The van der Waals surface area contributed by atoms with Crippen LogP contribution in [0.15, 0.2) is 47.0 Å². The molecule has 0 spiro atoms. The van der Waals surface area contributed by atoms with Crippen LogP contribution in [0.25, 0.3) is 11.1 Å². The lowest BCUT2D eigenvalue weighted by Gasteiger charge is -2.30. The molecule has 1 fully saturated rings. The summed E-state index contributed by atoms with van der Waals surface area (Å²) in [6.45, 7) is 2.36. The van der Waals surface area contributed by atoms with Crippen LogP contribution in [0.4, 0.5) is 6.01 Å². The zero-order valence-electron chi connectivity index (χ0n) is 14.3. The number of para-hydroxylation sites is 2. The molecule has 0 radical (unpaired) electrons. The molecular weight excluding hydrogens is 332 g/mol. The predicted octanol–water partition coefficient (Wildman–Crippen LogP) is 2.62. The van der Waals surface area contributed by atoms with E-state index in [0.29, 0.717) is 24.3 Å². The standard InChI is InChI=1S/C19H20N4O3/c20-18(24)16-11-14(5-8-21-16)25-12-13-6-9-23(10-7-13)19-22-15-3-1-2-4-17(15)26-19/h1-5,8,11,13H,6-7,9-10,12H2,(H2,20,24). The van der Waals surface area contributed by atoms with E-state index in [1.807, 2.05) is 24.3 Å². The third-order valence-corrected chi connectivity index (χ3v) is 4.64. The van der Waals surface area contributed by atoms with Gasteiger partial charge in [0.05, 0.1) is 6.61 Å². The molecule has 0 atom stereocenters. The maximum atomic E-state index is 11.2. The molecule has 2 aromatic heterocycles. The van der Waals surface area contributed by atoms with Crippen LogP contribution in [0.1, 0.15) is 23.3 Å². The summed E-state index contributed by atoms with van der Waals surface area (Å²) in [5.41, 5.74) is 7.16. The minimum Gasteiger partial charge on any atom is -0.493 e. The average Bonchev–Trinajstić information content (AvgIpc) is 3.11. The molecule has 7 heteroatoms. The number of hydrogen-bond donors (Lipinski definition) is 1. The number of nitrogens with two attached hydrogens (primary N) is 1. The van der Waals surface area contributed by atoms with Crippen molar-refractivity contribution in [3.05, 3.63) is 48.3 Å². The van der Waals surface area contributed by atoms with Gasteiger partial charge >= 0.3 is 0 Å². The van der Waals surface area contributed by atoms with E-state index < -0.39 is 5.91 Å². The topological polar surface area (TPSA) is 94.5 Å². The lowest BCUT2D eigenvalue weighted by atomic mass is 9.98. The van der Waals surface area contributed by atoms with Gasteiger partial charge in [-0.2, -0.15) is 4.98 Å². The van der Waals surface area contributed by atoms with Gasteiger partial charge in [-0.3, -0.25) is 9.78 Å². The van der Waals surface area contributed by atoms with E-state index in [4.69, 9.17) is 14.9 Å². The van der Waals surface area contributed by atoms with Crippen molar-refractivity contribution in [2.75, 3.05) is 24.6 Å². The number of pyridine rings is 1. The number of carbonyl (C=O) groups excluding carboxylic acids is 1. The van der Waals surface area contributed by atoms with Crippen molar-refractivity contribution in [3.63, 3.8) is 0 Å². The SMILES string of the molecule is NC(=O)c1cc(OCC2CCN(c3nc4ccccc4o3)CC2)ccn1. The molecule has 0 unspecified atom stereocenters. The molecule has 0 saturated carbocycles. The maximum absolute atomic E-state index is 11.2. The third kappa shape index (κ3) is 3.46. The van der Waals surface area contributed by atoms with Gasteiger partial charge in [-0.15, -0.1) is 0 Å². The lowest BCUT2D eigenvalue weighted by molar-refractivity contribution is 0.0995. The minimum atomic E-state index is -0.554. The summed E-state index contributed by atoms with van der Waals surface area (Å²) in [7, 11) is 0. The van der Waals surface area contributed by atoms with Gasteiger partial charge in [-0.25, -0.2) is 0 Å². The van der Waals surface area contributed by atoms with Gasteiger partial charge in [0.15, 0.2) is 5.58 Å². The molecule has 26 heavy (non-hydrogen) atoms. The average molecular weight is 352 g/mol. The van der Waals surface area contributed by atoms with Gasteiger partial charge in [0.2, 0.25) is 0 Å². The van der Waals surface area contributed by atoms with Crippen LogP contribution in [-0.2, 0) is 0 Å². The van der Waals surface area contributed by atoms with Crippen LogP contribution in [0, 0.1) is 5.92 Å². The number of primary amides is 1. The zero-order chi connectivity index (χ0) is 17.9. The largest absolute Gasteiger partial charge is 0.493 e. The number of oxazole rings is 1. The highest BCUT2D eigenvalue weighted by atomic mass is 16.5. The van der Waals surface area contributed by atoms with E-state index in [1.165, 1.54) is 6.20 Å². The van der Waals surface area contributed by atoms with E-state index in [9.17, 15) is 4.79 Å². The van der Waals surface area contributed by atoms with Crippen molar-refractivity contribution in [1.82, 2.24) is 9.97 Å². The number of carbonyl (C=O) groups is 1. The van der Waals surface area contributed by atoms with E-state index in [-0.39, 0.29) is 5.69 Å². The van der Waals surface area contributed by atoms with Gasteiger partial charge in [-0.1, -0.05) is 12.1 Å². The highest BCUT2D eigenvalue weighted by Crippen LogP contribution is 2.26. The Bertz CT molecular complexity index is 883. The smallest absolute Gasteiger partial charge is 0.298 e. The Morgan fingerprint density at radius 1 is 1.27 bits per heavy atom. The molecule has 2 N–H and O–H groups in total. The first kappa shape index (κ1) is 16.4. The highest BCUT2D eigenvalue weighted by molar-refractivity contribution is 5.91. The molecule has 1 aliphatic rings. The van der Waals surface area contributed by atoms with Crippen molar-refractivity contribution in [2.45, 2.75) is 12.8 Å². The Kier molecular flexibility index (Phi) is 4.43. The van der Waals surface area contributed by atoms with Crippen molar-refractivity contribution < 1.29 is 13.9 Å². The number of amides is 1. The van der Waals surface area contributed by atoms with Crippen molar-refractivity contribution in [2.24, 2.45) is 11.7 Å². The molecule has 1 aromatic carbocycles. The van der Waals surface area contributed by atoms with Crippen LogP contribution in [-0.4, -0.2) is 35.6 Å². The number of nitrogens with zero attached hydrogens (tertiary/aromatic N) is 3. The maximum Gasteiger partial charge on any atom is 0.298 e. The second-order valence-corrected chi connectivity index (χ2v) is 6.45. The summed E-state index contributed by atoms with van der Waals surface area (Å²) in [6, 6.07) is 11.8. The first-order valence-corrected chi connectivity index (χ1v) is 8.68. The van der Waals surface area contributed by atoms with E-state index in [2.05, 4.69) is 14.9 Å². The fourth-order valence-corrected chi connectivity index (χ4v) is 3.14. The van der Waals surface area contributed by atoms with Gasteiger partial charge in [0.25, 0.3) is 11.9 Å². The number of anilines is 1. The highest BCUT2D eigenvalue weighted by Gasteiger charge is 2.23. The molecule has 7 nitrogen and oxygen atoms in total. The van der Waals surface area contributed by atoms with Gasteiger partial charge in [-0.05, 0) is 37.0 Å². The van der Waals surface area contributed by atoms with Crippen molar-refractivity contribution >= 4 is 23.0 Å². The molecular formula is C19H20N4O3.